The molecule has 12 nitrogen and oxygen atoms in total. The smallest absolute Gasteiger partial charge is 0.323 e. The van der Waals surface area contributed by atoms with Crippen molar-refractivity contribution in [3.05, 3.63) is 48.8 Å². The zero-order valence-electron chi connectivity index (χ0n) is 23.3. The van der Waals surface area contributed by atoms with Crippen molar-refractivity contribution in [1.29, 1.82) is 0 Å². The number of nitrogens with one attached hydrogen (secondary N) is 2. The summed E-state index contributed by atoms with van der Waals surface area (Å²) < 4.78 is 26.2. The van der Waals surface area contributed by atoms with Crippen LogP contribution in [0.2, 0.25) is 0 Å². The van der Waals surface area contributed by atoms with Gasteiger partial charge in [0, 0.05) is 12.4 Å². The van der Waals surface area contributed by atoms with Crippen molar-refractivity contribution in [3.63, 3.8) is 0 Å². The van der Waals surface area contributed by atoms with Crippen LogP contribution in [0.15, 0.2) is 48.8 Å². The first-order valence-electron chi connectivity index (χ1n) is 13.4. The van der Waals surface area contributed by atoms with E-state index in [0.29, 0.717) is 35.6 Å². The van der Waals surface area contributed by atoms with Gasteiger partial charge in [-0.3, -0.25) is 9.36 Å². The number of hydrogen-bond acceptors (Lipinski definition) is 11. The lowest BCUT2D eigenvalue weighted by atomic mass is 10.1. The summed E-state index contributed by atoms with van der Waals surface area (Å²) in [5.41, 5.74) is 7.10. The van der Waals surface area contributed by atoms with Crippen molar-refractivity contribution in [2.75, 3.05) is 24.7 Å². The van der Waals surface area contributed by atoms with Crippen LogP contribution in [-0.4, -0.2) is 57.4 Å². The predicted octanol–water partition coefficient (Wildman–Crippen LogP) is 4.53. The molecule has 0 aliphatic carbocycles. The molecule has 4 aromatic rings. The number of nitrogens with zero attached hydrogens (tertiary/aromatic N) is 4. The van der Waals surface area contributed by atoms with E-state index in [-0.39, 0.29) is 31.0 Å². The van der Waals surface area contributed by atoms with Crippen LogP contribution in [0.4, 0.5) is 11.8 Å². The van der Waals surface area contributed by atoms with Gasteiger partial charge in [-0.05, 0) is 56.9 Å². The number of hydrogen-bond donors (Lipinski definition) is 3. The minimum atomic E-state index is -3.25. The Morgan fingerprint density at radius 3 is 2.76 bits per heavy atom. The molecule has 41 heavy (non-hydrogen) atoms. The van der Waals surface area contributed by atoms with E-state index in [4.69, 9.17) is 36.1 Å². The van der Waals surface area contributed by atoms with Crippen LogP contribution in [0.5, 0.6) is 5.75 Å². The second-order valence-electron chi connectivity index (χ2n) is 9.99. The molecule has 218 valence electrons. The fourth-order valence-electron chi connectivity index (χ4n) is 4.63. The average Bonchev–Trinajstić information content (AvgIpc) is 3.58. The van der Waals surface area contributed by atoms with Gasteiger partial charge in [0.2, 0.25) is 5.95 Å². The molecule has 1 fully saturated rings. The minimum absolute atomic E-state index is 0.143. The van der Waals surface area contributed by atoms with Crippen LogP contribution in [-0.2, 0) is 30.6 Å². The van der Waals surface area contributed by atoms with Crippen molar-refractivity contribution in [1.82, 2.24) is 24.6 Å². The molecule has 0 saturated carbocycles. The lowest BCUT2D eigenvalue weighted by molar-refractivity contribution is -0.149. The molecule has 2 aromatic heterocycles. The Labute approximate surface area is 243 Å². The van der Waals surface area contributed by atoms with E-state index in [1.807, 2.05) is 47.0 Å². The first-order valence-corrected chi connectivity index (χ1v) is 16.0. The summed E-state index contributed by atoms with van der Waals surface area (Å²) in [6, 6.07) is 12.8. The number of fused-ring (bicyclic) bond motifs is 2. The zero-order chi connectivity index (χ0) is 29.1. The molecule has 0 spiro atoms. The van der Waals surface area contributed by atoms with Crippen molar-refractivity contribution in [3.8, 4) is 5.75 Å². The minimum Gasteiger partial charge on any atom is -0.462 e. The molecule has 0 unspecified atom stereocenters. The van der Waals surface area contributed by atoms with Crippen LogP contribution < -0.4 is 20.7 Å². The van der Waals surface area contributed by atoms with Crippen molar-refractivity contribution in [2.24, 2.45) is 0 Å². The molecule has 14 heteroatoms. The number of imidazole rings is 1. The van der Waals surface area contributed by atoms with Gasteiger partial charge in [0.25, 0.3) is 0 Å². The fourth-order valence-corrected chi connectivity index (χ4v) is 7.07. The molecule has 1 saturated heterocycles. The van der Waals surface area contributed by atoms with E-state index in [9.17, 15) is 4.79 Å². The maximum atomic E-state index is 12.6. The highest BCUT2D eigenvalue weighted by Crippen LogP contribution is 2.48. The normalized spacial score (nSPS) is 19.3. The lowest BCUT2D eigenvalue weighted by Gasteiger charge is -2.28. The van der Waals surface area contributed by atoms with Crippen molar-refractivity contribution >= 4 is 58.1 Å². The third kappa shape index (κ3) is 6.60. The van der Waals surface area contributed by atoms with Gasteiger partial charge < -0.3 is 29.6 Å². The molecule has 3 heterocycles. The van der Waals surface area contributed by atoms with E-state index in [2.05, 4.69) is 25.4 Å². The third-order valence-electron chi connectivity index (χ3n) is 6.53. The van der Waals surface area contributed by atoms with Gasteiger partial charge in [-0.15, -0.1) is 0 Å². The SMILES string of the molecule is CNc1nc(N)nc2c1ncn2[C@H]1CC[C@@H](CO[P@@](=S)(N[C@@H](C)C(=O)OC(C)C)Oc2cccc3ccccc23)O1. The number of esters is 1. The largest absolute Gasteiger partial charge is 0.462 e. The number of carbonyl (C=O) groups excluding carboxylic acids is 1. The molecule has 1 aliphatic rings. The number of carbonyl (C=O) groups is 1. The predicted molar refractivity (Wildman–Crippen MR) is 161 cm³/mol. The van der Waals surface area contributed by atoms with Crippen LogP contribution >= 0.6 is 6.64 Å². The van der Waals surface area contributed by atoms with E-state index in [0.717, 1.165) is 10.8 Å². The molecule has 0 amide bonds. The van der Waals surface area contributed by atoms with Crippen molar-refractivity contribution < 1.29 is 23.3 Å². The number of anilines is 2. The second-order valence-corrected chi connectivity index (χ2v) is 13.1. The summed E-state index contributed by atoms with van der Waals surface area (Å²) >= 11 is 5.94. The van der Waals surface area contributed by atoms with Crippen LogP contribution in [0.25, 0.3) is 21.9 Å². The molecule has 1 aliphatic heterocycles. The van der Waals surface area contributed by atoms with Gasteiger partial charge in [0.15, 0.2) is 17.0 Å². The zero-order valence-corrected chi connectivity index (χ0v) is 25.0. The first kappa shape index (κ1) is 29.2. The summed E-state index contributed by atoms with van der Waals surface area (Å²) in [7, 11) is 1.75. The molecular weight excluding hydrogens is 565 g/mol. The molecule has 0 radical (unpaired) electrons. The van der Waals surface area contributed by atoms with E-state index < -0.39 is 18.7 Å². The van der Waals surface area contributed by atoms with E-state index in [1.54, 1.807) is 34.1 Å². The maximum absolute atomic E-state index is 12.6. The Balaban J connectivity index is 1.33. The molecular formula is C27H34N7O5PS. The topological polar surface area (TPSA) is 148 Å². The van der Waals surface area contributed by atoms with Crippen molar-refractivity contribution in [2.45, 2.75) is 58.1 Å². The van der Waals surface area contributed by atoms with E-state index in [1.165, 1.54) is 0 Å². The van der Waals surface area contributed by atoms with E-state index >= 15 is 0 Å². The Kier molecular flexibility index (Phi) is 8.71. The summed E-state index contributed by atoms with van der Waals surface area (Å²) in [5, 5.41) is 8.00. The lowest BCUT2D eigenvalue weighted by Crippen LogP contribution is -2.36. The molecule has 0 bridgehead atoms. The maximum Gasteiger partial charge on any atom is 0.323 e. The highest BCUT2D eigenvalue weighted by molar-refractivity contribution is 8.09. The number of benzene rings is 2. The van der Waals surface area contributed by atoms with Gasteiger partial charge in [-0.25, -0.2) is 10.1 Å². The highest BCUT2D eigenvalue weighted by Gasteiger charge is 2.33. The Hall–Kier alpha value is -3.35. The summed E-state index contributed by atoms with van der Waals surface area (Å²) in [4.78, 5) is 25.6. The monoisotopic (exact) mass is 599 g/mol. The number of nitrogens with two attached hydrogens (primary N) is 1. The van der Waals surface area contributed by atoms with Crippen LogP contribution in [0.1, 0.15) is 39.8 Å². The summed E-state index contributed by atoms with van der Waals surface area (Å²) in [6.07, 6.45) is 2.22. The Morgan fingerprint density at radius 2 is 1.98 bits per heavy atom. The average molecular weight is 600 g/mol. The Morgan fingerprint density at radius 1 is 1.20 bits per heavy atom. The fraction of sp³-hybridized carbons (Fsp3) is 0.407. The number of aromatic nitrogens is 4. The summed E-state index contributed by atoms with van der Waals surface area (Å²) in [5.74, 6) is 0.817. The van der Waals surface area contributed by atoms with Gasteiger partial charge in [-0.1, -0.05) is 36.4 Å². The molecule has 5 rings (SSSR count). The highest BCUT2D eigenvalue weighted by atomic mass is 32.5. The molecule has 2 aromatic carbocycles. The van der Waals surface area contributed by atoms with Gasteiger partial charge in [-0.2, -0.15) is 9.97 Å². The van der Waals surface area contributed by atoms with Crippen LogP contribution in [0, 0.1) is 0 Å². The molecule has 4 atom stereocenters. The Bertz CT molecular complexity index is 1590. The van der Waals surface area contributed by atoms with Gasteiger partial charge in [0.05, 0.1) is 25.1 Å². The third-order valence-corrected chi connectivity index (χ3v) is 9.01. The quantitative estimate of drug-likeness (QED) is 0.164. The van der Waals surface area contributed by atoms with Crippen LogP contribution in [0.3, 0.4) is 0 Å². The van der Waals surface area contributed by atoms with Gasteiger partial charge in [0.1, 0.15) is 18.0 Å². The first-order chi connectivity index (χ1) is 19.7. The second kappa shape index (κ2) is 12.3. The molecule has 4 N–H and O–H groups in total. The van der Waals surface area contributed by atoms with Gasteiger partial charge >= 0.3 is 12.6 Å². The number of ether oxygens (including phenoxy) is 2. The number of rotatable bonds is 11. The number of nitrogen functional groups attached to an aromatic ring is 1. The summed E-state index contributed by atoms with van der Waals surface area (Å²) in [6.45, 7) is 2.17. The standard InChI is InChI=1S/C27H34N7O5PS/c1-16(2)37-26(35)17(3)33-40(41,39-21-11-7-9-18-8-5-6-10-20(18)21)36-14-19-12-13-22(38-19)34-15-30-23-24(29-4)31-27(28)32-25(23)34/h5-11,15-17,19,22H,12-14H2,1-4H3,(H,33,41)(H3,28,29,31,32)/t17-,19-,22+,40-/m0/s1.